The first-order valence-electron chi connectivity index (χ1n) is 12.2. The number of hydrogen-bond donors (Lipinski definition) is 3. The van der Waals surface area contributed by atoms with E-state index in [1.807, 2.05) is 65.6 Å². The fourth-order valence-electron chi connectivity index (χ4n) is 2.90. The van der Waals surface area contributed by atoms with E-state index in [1.54, 1.807) is 26.4 Å². The van der Waals surface area contributed by atoms with E-state index >= 15 is 0 Å². The van der Waals surface area contributed by atoms with Gasteiger partial charge in [0.2, 0.25) is 5.95 Å². The van der Waals surface area contributed by atoms with Gasteiger partial charge in [-0.1, -0.05) is 39.8 Å². The van der Waals surface area contributed by atoms with Gasteiger partial charge in [-0.3, -0.25) is 4.79 Å². The van der Waals surface area contributed by atoms with Crippen LogP contribution in [0.15, 0.2) is 30.3 Å². The van der Waals surface area contributed by atoms with Crippen molar-refractivity contribution in [1.82, 2.24) is 9.97 Å². The maximum atomic E-state index is 13.4. The van der Waals surface area contributed by atoms with E-state index in [-0.39, 0.29) is 18.2 Å². The van der Waals surface area contributed by atoms with Crippen LogP contribution in [0.25, 0.3) is 17.3 Å². The fraction of sp³-hybridized carbons (Fsp3) is 0.500. The quantitative estimate of drug-likeness (QED) is 0.410. The van der Waals surface area contributed by atoms with Gasteiger partial charge in [0.25, 0.3) is 0 Å². The number of hydrogen-bond acceptors (Lipinski definition) is 8. The van der Waals surface area contributed by atoms with Gasteiger partial charge in [0.15, 0.2) is 0 Å². The van der Waals surface area contributed by atoms with Crippen molar-refractivity contribution in [3.63, 3.8) is 0 Å². The molecule has 2 rings (SSSR count). The van der Waals surface area contributed by atoms with Gasteiger partial charge >= 0.3 is 5.97 Å². The van der Waals surface area contributed by atoms with Gasteiger partial charge in [-0.05, 0) is 43.0 Å². The number of benzene rings is 1. The molecule has 38 heavy (non-hydrogen) atoms. The number of aliphatic hydroxyl groups is 2. The van der Waals surface area contributed by atoms with Crippen LogP contribution in [-0.4, -0.2) is 79.6 Å². The highest BCUT2D eigenvalue weighted by Gasteiger charge is 2.17. The predicted molar refractivity (Wildman–Crippen MR) is 152 cm³/mol. The highest BCUT2D eigenvalue weighted by Crippen LogP contribution is 2.31. The number of carbonyl (C=O) groups excluding carboxylic acids is 1. The Morgan fingerprint density at radius 3 is 2.03 bits per heavy atom. The fourth-order valence-corrected chi connectivity index (χ4v) is 2.90. The summed E-state index contributed by atoms with van der Waals surface area (Å²) in [5.41, 5.74) is 3.19. The molecule has 10 heteroatoms. The molecule has 0 fully saturated rings. The first-order chi connectivity index (χ1) is 18.1. The molecular weight excluding hydrogens is 493 g/mol. The van der Waals surface area contributed by atoms with E-state index in [0.717, 1.165) is 23.9 Å². The molecule has 0 bridgehead atoms. The van der Waals surface area contributed by atoms with Crippen LogP contribution in [0.5, 0.6) is 0 Å². The molecule has 1 unspecified atom stereocenters. The number of carboxylic acid groups (broad SMARTS) is 1. The van der Waals surface area contributed by atoms with E-state index in [4.69, 9.17) is 20.0 Å². The zero-order valence-corrected chi connectivity index (χ0v) is 24.2. The van der Waals surface area contributed by atoms with Crippen molar-refractivity contribution in [1.29, 1.82) is 0 Å². The monoisotopic (exact) mass is 539 g/mol. The molecule has 0 spiro atoms. The number of aliphatic hydroxyl groups excluding tert-OH is 2. The van der Waals surface area contributed by atoms with Gasteiger partial charge in [0.05, 0.1) is 23.9 Å². The van der Waals surface area contributed by atoms with E-state index in [9.17, 15) is 14.3 Å². The maximum absolute atomic E-state index is 13.4. The molecule has 3 N–H and O–H groups in total. The summed E-state index contributed by atoms with van der Waals surface area (Å²) in [6.45, 7) is 10.1. The van der Waals surface area contributed by atoms with Crippen molar-refractivity contribution < 1.29 is 34.0 Å². The van der Waals surface area contributed by atoms with Crippen LogP contribution in [0.1, 0.15) is 64.1 Å². The number of aliphatic carboxylic acids is 1. The van der Waals surface area contributed by atoms with E-state index in [2.05, 4.69) is 9.72 Å². The third-order valence-corrected chi connectivity index (χ3v) is 4.39. The first kappa shape index (κ1) is 39.3. The van der Waals surface area contributed by atoms with Gasteiger partial charge in [-0.25, -0.2) is 14.4 Å². The van der Waals surface area contributed by atoms with E-state index in [0.29, 0.717) is 24.5 Å². The Labute approximate surface area is 227 Å². The molecule has 1 heterocycles. The minimum absolute atomic E-state index is 0.133. The SMILES string of the molecule is C=O.CC.CC(C)c1nc(N(C)C)nc(-c2ccc(F)cc2)c1/C=C/CCC(O)CC(=O)O.CO.COC. The van der Waals surface area contributed by atoms with Crippen molar-refractivity contribution in [2.75, 3.05) is 40.3 Å². The third-order valence-electron chi connectivity index (χ3n) is 4.39. The number of nitrogens with zero attached hydrogens (tertiary/aromatic N) is 3. The summed E-state index contributed by atoms with van der Waals surface area (Å²) in [6, 6.07) is 6.18. The van der Waals surface area contributed by atoms with Crippen LogP contribution < -0.4 is 4.90 Å². The largest absolute Gasteiger partial charge is 0.481 e. The summed E-state index contributed by atoms with van der Waals surface area (Å²) in [5, 5.41) is 25.5. The van der Waals surface area contributed by atoms with Gasteiger partial charge < -0.3 is 29.8 Å². The van der Waals surface area contributed by atoms with Crippen LogP contribution in [0.2, 0.25) is 0 Å². The van der Waals surface area contributed by atoms with Crippen molar-refractivity contribution >= 4 is 24.8 Å². The van der Waals surface area contributed by atoms with E-state index in [1.165, 1.54) is 12.1 Å². The lowest BCUT2D eigenvalue weighted by Gasteiger charge is -2.19. The molecule has 0 aliphatic carbocycles. The van der Waals surface area contributed by atoms with Crippen molar-refractivity contribution in [3.05, 3.63) is 47.4 Å². The number of carbonyl (C=O) groups is 2. The highest BCUT2D eigenvalue weighted by molar-refractivity contribution is 5.74. The topological polar surface area (TPSA) is 133 Å². The first-order valence-corrected chi connectivity index (χ1v) is 12.2. The van der Waals surface area contributed by atoms with Crippen molar-refractivity contribution in [2.45, 2.75) is 59.0 Å². The molecule has 0 amide bonds. The Bertz CT molecular complexity index is 906. The summed E-state index contributed by atoms with van der Waals surface area (Å²) in [7, 11) is 7.99. The molecule has 1 atom stereocenters. The van der Waals surface area contributed by atoms with Crippen LogP contribution in [0.4, 0.5) is 10.3 Å². The van der Waals surface area contributed by atoms with E-state index < -0.39 is 12.1 Å². The number of anilines is 1. The van der Waals surface area contributed by atoms with Crippen LogP contribution in [0, 0.1) is 5.82 Å². The summed E-state index contributed by atoms with van der Waals surface area (Å²) in [6.07, 6.45) is 3.50. The average Bonchev–Trinajstić information content (AvgIpc) is 2.90. The number of ether oxygens (including phenoxy) is 1. The minimum Gasteiger partial charge on any atom is -0.481 e. The molecule has 0 aliphatic rings. The Hall–Kier alpha value is -3.21. The molecule has 216 valence electrons. The Morgan fingerprint density at radius 1 is 1.11 bits per heavy atom. The summed E-state index contributed by atoms with van der Waals surface area (Å²) in [5.74, 6) is -0.630. The number of carboxylic acids is 1. The Balaban J connectivity index is -0.00000122. The minimum atomic E-state index is -1.02. The number of methoxy groups -OCH3 is 1. The van der Waals surface area contributed by atoms with Gasteiger partial charge in [-0.15, -0.1) is 0 Å². The molecule has 2 aromatic rings. The van der Waals surface area contributed by atoms with Gasteiger partial charge in [0.1, 0.15) is 12.6 Å². The van der Waals surface area contributed by atoms with Crippen LogP contribution in [-0.2, 0) is 14.3 Å². The summed E-state index contributed by atoms with van der Waals surface area (Å²) >= 11 is 0. The summed E-state index contributed by atoms with van der Waals surface area (Å²) < 4.78 is 17.7. The molecule has 0 saturated carbocycles. The second kappa shape index (κ2) is 24.1. The lowest BCUT2D eigenvalue weighted by molar-refractivity contribution is -0.139. The molecule has 1 aromatic heterocycles. The van der Waals surface area contributed by atoms with Gasteiger partial charge in [0, 0.05) is 46.6 Å². The predicted octanol–water partition coefficient (Wildman–Crippen LogP) is 4.81. The standard InChI is InChI=1S/C22H28FN3O3.C2H6O.C2H6.CH4O.CH2O/c1-14(2)20-18(8-6-5-7-17(27)13-19(28)29)21(25-22(24-20)26(3)4)15-9-11-16(23)12-10-15;1-3-2;3*1-2/h6,8-12,14,17,27H,5,7,13H2,1-4H3,(H,28,29);1-2H3;1-2H3;2H,1H3;1H2/b8-6+;;;;. The number of halogens is 1. The number of aromatic nitrogens is 2. The van der Waals surface area contributed by atoms with Crippen LogP contribution >= 0.6 is 0 Å². The normalized spacial score (nSPS) is 10.4. The zero-order chi connectivity index (χ0) is 30.3. The van der Waals surface area contributed by atoms with Crippen molar-refractivity contribution in [3.8, 4) is 11.3 Å². The molecule has 0 radical (unpaired) electrons. The Kier molecular flexibility index (Phi) is 25.0. The second-order valence-corrected chi connectivity index (χ2v) is 7.87. The lowest BCUT2D eigenvalue weighted by atomic mass is 9.97. The second-order valence-electron chi connectivity index (χ2n) is 7.87. The Morgan fingerprint density at radius 2 is 1.61 bits per heavy atom. The number of rotatable bonds is 9. The lowest BCUT2D eigenvalue weighted by Crippen LogP contribution is -2.16. The molecule has 1 aromatic carbocycles. The smallest absolute Gasteiger partial charge is 0.305 e. The molecule has 0 aliphatic heterocycles. The number of allylic oxidation sites excluding steroid dienone is 1. The average molecular weight is 540 g/mol. The molecule has 9 nitrogen and oxygen atoms in total. The van der Waals surface area contributed by atoms with Crippen molar-refractivity contribution in [2.24, 2.45) is 0 Å². The van der Waals surface area contributed by atoms with Gasteiger partial charge in [-0.2, -0.15) is 0 Å². The summed E-state index contributed by atoms with van der Waals surface area (Å²) in [4.78, 5) is 29.9. The molecular formula is C28H46FN3O6. The third kappa shape index (κ3) is 15.8. The maximum Gasteiger partial charge on any atom is 0.305 e. The zero-order valence-electron chi connectivity index (χ0n) is 24.2. The highest BCUT2D eigenvalue weighted by atomic mass is 19.1. The van der Waals surface area contributed by atoms with Crippen LogP contribution in [0.3, 0.4) is 0 Å². The molecule has 0 saturated heterocycles.